The zero-order valence-electron chi connectivity index (χ0n) is 14.0. The lowest BCUT2D eigenvalue weighted by Gasteiger charge is -2.30. The largest absolute Gasteiger partial charge is 0.348 e. The monoisotopic (exact) mass is 318 g/mol. The van der Waals surface area contributed by atoms with E-state index in [4.69, 9.17) is 0 Å². The Balaban J connectivity index is 1.90. The molecule has 1 heterocycles. The molecule has 1 saturated heterocycles. The van der Waals surface area contributed by atoms with Crippen molar-refractivity contribution in [2.24, 2.45) is 5.92 Å². The average molecular weight is 318 g/mol. The zero-order valence-corrected chi connectivity index (χ0v) is 14.0. The van der Waals surface area contributed by atoms with E-state index in [0.29, 0.717) is 17.2 Å². The second-order valence-electron chi connectivity index (χ2n) is 6.38. The number of hydrogen-bond acceptors (Lipinski definition) is 3. The van der Waals surface area contributed by atoms with Crippen molar-refractivity contribution >= 4 is 17.6 Å². The number of rotatable bonds is 4. The van der Waals surface area contributed by atoms with Gasteiger partial charge in [0.05, 0.1) is 0 Å². The van der Waals surface area contributed by atoms with E-state index in [1.807, 2.05) is 13.8 Å². The molecule has 0 bridgehead atoms. The van der Waals surface area contributed by atoms with Gasteiger partial charge in [-0.1, -0.05) is 6.92 Å². The minimum atomic E-state index is -0.251. The van der Waals surface area contributed by atoms with Crippen molar-refractivity contribution in [3.8, 4) is 0 Å². The van der Waals surface area contributed by atoms with Gasteiger partial charge in [-0.15, -0.1) is 0 Å². The van der Waals surface area contributed by atoms with Gasteiger partial charge in [0, 0.05) is 29.9 Å². The molecular formula is C17H26N4O2. The maximum absolute atomic E-state index is 12.3. The lowest BCUT2D eigenvalue weighted by molar-refractivity contribution is 0.0915. The molecular weight excluding hydrogens is 292 g/mol. The van der Waals surface area contributed by atoms with Crippen LogP contribution in [0.4, 0.5) is 10.5 Å². The number of carbonyl (C=O) groups excluding carboxylic acids is 2. The van der Waals surface area contributed by atoms with E-state index in [1.165, 1.54) is 0 Å². The van der Waals surface area contributed by atoms with Crippen LogP contribution >= 0.6 is 0 Å². The summed E-state index contributed by atoms with van der Waals surface area (Å²) in [6.45, 7) is 7.77. The Morgan fingerprint density at radius 3 is 2.52 bits per heavy atom. The van der Waals surface area contributed by atoms with Gasteiger partial charge in [0.2, 0.25) is 0 Å². The van der Waals surface area contributed by atoms with E-state index in [1.54, 1.807) is 24.3 Å². The van der Waals surface area contributed by atoms with Crippen molar-refractivity contribution in [3.05, 3.63) is 29.8 Å². The number of piperidine rings is 1. The number of hydrogen-bond donors (Lipinski definition) is 4. The summed E-state index contributed by atoms with van der Waals surface area (Å²) < 4.78 is 0. The van der Waals surface area contributed by atoms with Crippen LogP contribution in [0.3, 0.4) is 0 Å². The topological polar surface area (TPSA) is 82.3 Å². The van der Waals surface area contributed by atoms with Crippen molar-refractivity contribution in [1.29, 1.82) is 0 Å². The first-order valence-corrected chi connectivity index (χ1v) is 8.15. The Bertz CT molecular complexity index is 542. The first kappa shape index (κ1) is 17.3. The third-order valence-corrected chi connectivity index (χ3v) is 3.97. The second-order valence-corrected chi connectivity index (χ2v) is 6.38. The molecule has 2 rings (SSSR count). The fraction of sp³-hybridized carbons (Fsp3) is 0.529. The number of anilines is 1. The fourth-order valence-electron chi connectivity index (χ4n) is 2.57. The summed E-state index contributed by atoms with van der Waals surface area (Å²) in [5.74, 6) is 0.393. The molecule has 4 N–H and O–H groups in total. The highest BCUT2D eigenvalue weighted by atomic mass is 16.2. The van der Waals surface area contributed by atoms with Crippen molar-refractivity contribution in [2.45, 2.75) is 39.3 Å². The van der Waals surface area contributed by atoms with Crippen LogP contribution in [0.5, 0.6) is 0 Å². The molecule has 1 fully saturated rings. The summed E-state index contributed by atoms with van der Waals surface area (Å²) in [7, 11) is 0. The normalized spacial score (nSPS) is 20.9. The molecule has 1 aliphatic rings. The van der Waals surface area contributed by atoms with Crippen LogP contribution in [0, 0.1) is 5.92 Å². The van der Waals surface area contributed by atoms with Crippen molar-refractivity contribution in [2.75, 3.05) is 18.4 Å². The molecule has 3 amide bonds. The predicted molar refractivity (Wildman–Crippen MR) is 91.6 cm³/mol. The van der Waals surface area contributed by atoms with Crippen LogP contribution in [0.15, 0.2) is 24.3 Å². The average Bonchev–Trinajstić information content (AvgIpc) is 2.49. The van der Waals surface area contributed by atoms with Crippen LogP contribution in [-0.4, -0.2) is 37.1 Å². The third-order valence-electron chi connectivity index (χ3n) is 3.97. The highest BCUT2D eigenvalue weighted by Gasteiger charge is 2.22. The Morgan fingerprint density at radius 1 is 1.22 bits per heavy atom. The van der Waals surface area contributed by atoms with E-state index in [2.05, 4.69) is 28.2 Å². The van der Waals surface area contributed by atoms with Crippen LogP contribution in [-0.2, 0) is 0 Å². The molecule has 126 valence electrons. The van der Waals surface area contributed by atoms with Crippen LogP contribution < -0.4 is 21.3 Å². The maximum Gasteiger partial charge on any atom is 0.319 e. The van der Waals surface area contributed by atoms with Gasteiger partial charge in [-0.05, 0) is 57.0 Å². The van der Waals surface area contributed by atoms with Gasteiger partial charge in [-0.25, -0.2) is 4.79 Å². The Morgan fingerprint density at radius 2 is 1.91 bits per heavy atom. The molecule has 1 aromatic rings. The number of amides is 3. The van der Waals surface area contributed by atoms with E-state index in [-0.39, 0.29) is 24.0 Å². The van der Waals surface area contributed by atoms with Crippen molar-refractivity contribution in [3.63, 3.8) is 0 Å². The van der Waals surface area contributed by atoms with Crippen molar-refractivity contribution in [1.82, 2.24) is 16.0 Å². The maximum atomic E-state index is 12.3. The first-order chi connectivity index (χ1) is 11.0. The lowest BCUT2D eigenvalue weighted by atomic mass is 9.94. The molecule has 1 aromatic carbocycles. The number of carbonyl (C=O) groups is 2. The third kappa shape index (κ3) is 5.25. The molecule has 0 aromatic heterocycles. The predicted octanol–water partition coefficient (Wildman–Crippen LogP) is 1.94. The molecule has 1 aliphatic heterocycles. The summed E-state index contributed by atoms with van der Waals surface area (Å²) in [6, 6.07) is 6.90. The summed E-state index contributed by atoms with van der Waals surface area (Å²) >= 11 is 0. The number of benzene rings is 1. The standard InChI is InChI=1S/C17H26N4O2/c1-11(2)19-17(23)20-14-6-4-13(5-7-14)16(22)21-15-10-18-9-8-12(15)3/h4-7,11-12,15,18H,8-10H2,1-3H3,(H,21,22)(H2,19,20,23). The van der Waals surface area contributed by atoms with E-state index >= 15 is 0 Å². The molecule has 0 saturated carbocycles. The van der Waals surface area contributed by atoms with E-state index in [9.17, 15) is 9.59 Å². The zero-order chi connectivity index (χ0) is 16.8. The molecule has 6 nitrogen and oxygen atoms in total. The molecule has 6 heteroatoms. The quantitative estimate of drug-likeness (QED) is 0.685. The minimum Gasteiger partial charge on any atom is -0.348 e. The van der Waals surface area contributed by atoms with Gasteiger partial charge in [0.25, 0.3) is 5.91 Å². The van der Waals surface area contributed by atoms with Gasteiger partial charge >= 0.3 is 6.03 Å². The smallest absolute Gasteiger partial charge is 0.319 e. The van der Waals surface area contributed by atoms with Crippen LogP contribution in [0.1, 0.15) is 37.6 Å². The summed E-state index contributed by atoms with van der Waals surface area (Å²) in [5, 5.41) is 11.9. The Hall–Kier alpha value is -2.08. The van der Waals surface area contributed by atoms with Crippen molar-refractivity contribution < 1.29 is 9.59 Å². The summed E-state index contributed by atoms with van der Waals surface area (Å²) in [5.41, 5.74) is 1.25. The number of urea groups is 1. The number of nitrogens with one attached hydrogen (secondary N) is 4. The highest BCUT2D eigenvalue weighted by molar-refractivity contribution is 5.95. The Labute approximate surface area is 137 Å². The van der Waals surface area contributed by atoms with Gasteiger partial charge in [-0.2, -0.15) is 0 Å². The van der Waals surface area contributed by atoms with Crippen LogP contribution in [0.2, 0.25) is 0 Å². The van der Waals surface area contributed by atoms with Gasteiger partial charge < -0.3 is 21.3 Å². The summed E-state index contributed by atoms with van der Waals surface area (Å²) in [4.78, 5) is 23.9. The molecule has 2 atom stereocenters. The van der Waals surface area contributed by atoms with E-state index < -0.39 is 0 Å². The lowest BCUT2D eigenvalue weighted by Crippen LogP contribution is -2.50. The van der Waals surface area contributed by atoms with Gasteiger partial charge in [0.15, 0.2) is 0 Å². The van der Waals surface area contributed by atoms with Crippen LogP contribution in [0.25, 0.3) is 0 Å². The first-order valence-electron chi connectivity index (χ1n) is 8.15. The van der Waals surface area contributed by atoms with Gasteiger partial charge in [0.1, 0.15) is 0 Å². The second kappa shape index (κ2) is 7.97. The highest BCUT2D eigenvalue weighted by Crippen LogP contribution is 2.13. The molecule has 0 spiro atoms. The summed E-state index contributed by atoms with van der Waals surface area (Å²) in [6.07, 6.45) is 1.07. The SMILES string of the molecule is CC(C)NC(=O)Nc1ccc(C(=O)NC2CNCCC2C)cc1. The van der Waals surface area contributed by atoms with Gasteiger partial charge in [-0.3, -0.25) is 4.79 Å². The molecule has 0 radical (unpaired) electrons. The van der Waals surface area contributed by atoms with E-state index in [0.717, 1.165) is 19.5 Å². The fourth-order valence-corrected chi connectivity index (χ4v) is 2.57. The Kier molecular flexibility index (Phi) is 5.98. The molecule has 23 heavy (non-hydrogen) atoms. The minimum absolute atomic E-state index is 0.0751. The molecule has 2 unspecified atom stereocenters. The molecule has 0 aliphatic carbocycles.